The van der Waals surface area contributed by atoms with Crippen molar-refractivity contribution in [1.29, 1.82) is 0 Å². The molecule has 0 spiro atoms. The molecule has 2 rings (SSSR count). The van der Waals surface area contributed by atoms with Crippen molar-refractivity contribution in [1.82, 2.24) is 0 Å². The monoisotopic (exact) mass is 320 g/mol. The number of hydrogen-bond acceptors (Lipinski definition) is 0. The Hall–Kier alpha value is -1.18. The summed E-state index contributed by atoms with van der Waals surface area (Å²) in [7, 11) is 0. The highest BCUT2D eigenvalue weighted by molar-refractivity contribution is 5.50. The summed E-state index contributed by atoms with van der Waals surface area (Å²) in [5.74, 6) is 1.54. The van der Waals surface area contributed by atoms with E-state index < -0.39 is 6.08 Å². The Labute approximate surface area is 140 Å². The average Bonchev–Trinajstić information content (AvgIpc) is 2.55. The van der Waals surface area contributed by atoms with E-state index in [2.05, 4.69) is 6.92 Å². The molecule has 0 saturated heterocycles. The summed E-state index contributed by atoms with van der Waals surface area (Å²) in [5.41, 5.74) is 1.91. The van der Waals surface area contributed by atoms with E-state index in [1.54, 1.807) is 0 Å². The van der Waals surface area contributed by atoms with E-state index in [9.17, 15) is 8.78 Å². The van der Waals surface area contributed by atoms with E-state index in [1.165, 1.54) is 69.8 Å². The van der Waals surface area contributed by atoms with Gasteiger partial charge in [0.05, 0.1) is 0 Å². The van der Waals surface area contributed by atoms with Crippen LogP contribution in [0.4, 0.5) is 8.78 Å². The molecule has 0 aromatic heterocycles. The van der Waals surface area contributed by atoms with Gasteiger partial charge in [-0.2, -0.15) is 8.78 Å². The van der Waals surface area contributed by atoms with Gasteiger partial charge in [0.2, 0.25) is 0 Å². The van der Waals surface area contributed by atoms with Crippen LogP contribution in [0.2, 0.25) is 0 Å². The van der Waals surface area contributed by atoms with Crippen LogP contribution < -0.4 is 0 Å². The average molecular weight is 320 g/mol. The summed E-state index contributed by atoms with van der Waals surface area (Å²) in [6.45, 7) is 2.26. The standard InChI is InChI=1S/C21H30F2/c1-2-3-4-5-6-7-17-8-12-19(13-9-17)20-14-10-18(11-15-20)16-21(22)23/h10-11,14-17,19H,2-9,12-13H2,1H3/t17-,19-. The number of rotatable bonds is 8. The molecule has 0 heterocycles. The highest BCUT2D eigenvalue weighted by Crippen LogP contribution is 2.37. The van der Waals surface area contributed by atoms with Crippen LogP contribution >= 0.6 is 0 Å². The molecule has 0 nitrogen and oxygen atoms in total. The number of halogens is 2. The minimum Gasteiger partial charge on any atom is -0.173 e. The summed E-state index contributed by atoms with van der Waals surface area (Å²) in [4.78, 5) is 0. The van der Waals surface area contributed by atoms with Crippen molar-refractivity contribution in [2.24, 2.45) is 5.92 Å². The summed E-state index contributed by atoms with van der Waals surface area (Å²) in [5, 5.41) is 0. The first-order valence-electron chi connectivity index (χ1n) is 9.31. The van der Waals surface area contributed by atoms with Gasteiger partial charge < -0.3 is 0 Å². The van der Waals surface area contributed by atoms with Gasteiger partial charge in [0, 0.05) is 6.08 Å². The normalized spacial score (nSPS) is 21.2. The lowest BCUT2D eigenvalue weighted by Gasteiger charge is -2.29. The first-order chi connectivity index (χ1) is 11.2. The molecule has 0 unspecified atom stereocenters. The zero-order valence-corrected chi connectivity index (χ0v) is 14.4. The summed E-state index contributed by atoms with van der Waals surface area (Å²) in [6, 6.07) is 7.69. The van der Waals surface area contributed by atoms with E-state index in [4.69, 9.17) is 0 Å². The van der Waals surface area contributed by atoms with Gasteiger partial charge >= 0.3 is 0 Å². The minimum atomic E-state index is -1.63. The lowest BCUT2D eigenvalue weighted by Crippen LogP contribution is -2.13. The van der Waals surface area contributed by atoms with Crippen LogP contribution in [-0.2, 0) is 0 Å². The SMILES string of the molecule is CCCCCCC[C@H]1CC[C@H](c2ccc(C=C(F)F)cc2)CC1. The Balaban J connectivity index is 1.72. The maximum Gasteiger partial charge on any atom is 0.270 e. The molecule has 0 aliphatic heterocycles. The molecule has 23 heavy (non-hydrogen) atoms. The van der Waals surface area contributed by atoms with Crippen LogP contribution in [0, 0.1) is 5.92 Å². The number of unbranched alkanes of at least 4 members (excludes halogenated alkanes) is 4. The number of hydrogen-bond donors (Lipinski definition) is 0. The fourth-order valence-electron chi connectivity index (χ4n) is 3.81. The lowest BCUT2D eigenvalue weighted by atomic mass is 9.77. The van der Waals surface area contributed by atoms with E-state index in [1.807, 2.05) is 24.3 Å². The topological polar surface area (TPSA) is 0 Å². The van der Waals surface area contributed by atoms with Gasteiger partial charge in [-0.3, -0.25) is 0 Å². The van der Waals surface area contributed by atoms with Crippen molar-refractivity contribution in [2.45, 2.75) is 77.0 Å². The van der Waals surface area contributed by atoms with Crippen molar-refractivity contribution in [3.8, 4) is 0 Å². The van der Waals surface area contributed by atoms with Crippen LogP contribution in [0.25, 0.3) is 6.08 Å². The molecule has 1 aromatic rings. The Bertz CT molecular complexity index is 463. The third-order valence-electron chi connectivity index (χ3n) is 5.25. The van der Waals surface area contributed by atoms with E-state index >= 15 is 0 Å². The van der Waals surface area contributed by atoms with Crippen molar-refractivity contribution in [3.05, 3.63) is 41.5 Å². The van der Waals surface area contributed by atoms with Gasteiger partial charge in [-0.1, -0.05) is 69.7 Å². The summed E-state index contributed by atoms with van der Waals surface area (Å²) >= 11 is 0. The number of benzene rings is 1. The van der Waals surface area contributed by atoms with Crippen LogP contribution in [0.5, 0.6) is 0 Å². The van der Waals surface area contributed by atoms with Crippen LogP contribution in [-0.4, -0.2) is 0 Å². The zero-order valence-electron chi connectivity index (χ0n) is 14.4. The van der Waals surface area contributed by atoms with Crippen LogP contribution in [0.1, 0.15) is 88.2 Å². The highest BCUT2D eigenvalue weighted by atomic mass is 19.3. The lowest BCUT2D eigenvalue weighted by molar-refractivity contribution is 0.302. The zero-order chi connectivity index (χ0) is 16.5. The Morgan fingerprint density at radius 1 is 0.957 bits per heavy atom. The van der Waals surface area contributed by atoms with E-state index in [0.29, 0.717) is 11.5 Å². The van der Waals surface area contributed by atoms with Gasteiger partial charge in [0.25, 0.3) is 6.08 Å². The second-order valence-electron chi connectivity index (χ2n) is 7.02. The fourth-order valence-corrected chi connectivity index (χ4v) is 3.81. The Kier molecular flexibility index (Phi) is 7.78. The third-order valence-corrected chi connectivity index (χ3v) is 5.25. The predicted molar refractivity (Wildman–Crippen MR) is 94.7 cm³/mol. The molecular weight excluding hydrogens is 290 g/mol. The molecule has 1 aliphatic rings. The molecule has 1 saturated carbocycles. The third kappa shape index (κ3) is 6.45. The second-order valence-corrected chi connectivity index (χ2v) is 7.02. The molecule has 1 fully saturated rings. The first-order valence-corrected chi connectivity index (χ1v) is 9.31. The molecule has 0 N–H and O–H groups in total. The first kappa shape index (κ1) is 18.2. The molecule has 0 amide bonds. The van der Waals surface area contributed by atoms with E-state index in [-0.39, 0.29) is 0 Å². The van der Waals surface area contributed by atoms with Crippen molar-refractivity contribution in [2.75, 3.05) is 0 Å². The van der Waals surface area contributed by atoms with Gasteiger partial charge in [-0.25, -0.2) is 0 Å². The fraction of sp³-hybridized carbons (Fsp3) is 0.619. The van der Waals surface area contributed by atoms with Gasteiger partial charge in [0.15, 0.2) is 0 Å². The molecule has 0 radical (unpaired) electrons. The Morgan fingerprint density at radius 2 is 1.61 bits per heavy atom. The summed E-state index contributed by atoms with van der Waals surface area (Å²) < 4.78 is 24.5. The quantitative estimate of drug-likeness (QED) is 0.433. The van der Waals surface area contributed by atoms with E-state index in [0.717, 1.165) is 12.0 Å². The molecule has 1 aliphatic carbocycles. The van der Waals surface area contributed by atoms with Gasteiger partial charge in [-0.05, 0) is 48.6 Å². The second kappa shape index (κ2) is 9.85. The maximum atomic E-state index is 12.3. The van der Waals surface area contributed by atoms with Gasteiger partial charge in [-0.15, -0.1) is 0 Å². The van der Waals surface area contributed by atoms with Crippen LogP contribution in [0.3, 0.4) is 0 Å². The van der Waals surface area contributed by atoms with Gasteiger partial charge in [0.1, 0.15) is 0 Å². The molecule has 1 aromatic carbocycles. The van der Waals surface area contributed by atoms with Crippen molar-refractivity contribution in [3.63, 3.8) is 0 Å². The smallest absolute Gasteiger partial charge is 0.173 e. The molecule has 128 valence electrons. The largest absolute Gasteiger partial charge is 0.270 e. The predicted octanol–water partition coefficient (Wildman–Crippen LogP) is 7.56. The Morgan fingerprint density at radius 3 is 2.22 bits per heavy atom. The molecule has 2 heteroatoms. The molecular formula is C21H30F2. The van der Waals surface area contributed by atoms with Crippen molar-refractivity contribution >= 4 is 6.08 Å². The van der Waals surface area contributed by atoms with Crippen molar-refractivity contribution < 1.29 is 8.78 Å². The minimum absolute atomic E-state index is 0.592. The van der Waals surface area contributed by atoms with Crippen LogP contribution in [0.15, 0.2) is 30.3 Å². The summed E-state index contributed by atoms with van der Waals surface area (Å²) in [6.07, 6.45) is 12.8. The molecule has 0 atom stereocenters. The molecule has 0 bridgehead atoms. The highest BCUT2D eigenvalue weighted by Gasteiger charge is 2.21. The maximum absolute atomic E-state index is 12.3.